The van der Waals surface area contributed by atoms with Gasteiger partial charge in [0.25, 0.3) is 0 Å². The third kappa shape index (κ3) is 2.19. The maximum absolute atomic E-state index is 5.64. The second-order valence-electron chi connectivity index (χ2n) is 3.72. The van der Waals surface area contributed by atoms with Crippen LogP contribution in [0.1, 0.15) is 18.9 Å². The van der Waals surface area contributed by atoms with Crippen molar-refractivity contribution >= 4 is 5.95 Å². The quantitative estimate of drug-likeness (QED) is 0.852. The first-order valence-electron chi connectivity index (χ1n) is 5.48. The predicted octanol–water partition coefficient (Wildman–Crippen LogP) is 2.68. The third-order valence-corrected chi connectivity index (χ3v) is 2.45. The van der Waals surface area contributed by atoms with Crippen LogP contribution >= 0.6 is 0 Å². The van der Waals surface area contributed by atoms with Crippen LogP contribution in [0.5, 0.6) is 0 Å². The van der Waals surface area contributed by atoms with Crippen LogP contribution in [0.4, 0.5) is 5.95 Å². The van der Waals surface area contributed by atoms with E-state index in [2.05, 4.69) is 16.9 Å². The molecule has 0 saturated carbocycles. The van der Waals surface area contributed by atoms with Crippen molar-refractivity contribution in [2.45, 2.75) is 19.8 Å². The largest absolute Gasteiger partial charge is 0.368 e. The Hall–Kier alpha value is -1.90. The second kappa shape index (κ2) is 4.75. The molecule has 3 heteroatoms. The molecule has 0 spiro atoms. The normalized spacial score (nSPS) is 10.3. The van der Waals surface area contributed by atoms with E-state index >= 15 is 0 Å². The van der Waals surface area contributed by atoms with Gasteiger partial charge in [-0.05, 0) is 12.0 Å². The van der Waals surface area contributed by atoms with Crippen LogP contribution in [0.3, 0.4) is 0 Å². The zero-order valence-corrected chi connectivity index (χ0v) is 9.35. The molecule has 0 saturated heterocycles. The number of aromatic nitrogens is 2. The van der Waals surface area contributed by atoms with Gasteiger partial charge in [0.05, 0.1) is 5.69 Å². The highest BCUT2D eigenvalue weighted by Crippen LogP contribution is 2.22. The van der Waals surface area contributed by atoms with Gasteiger partial charge in [0.15, 0.2) is 0 Å². The molecule has 82 valence electrons. The minimum Gasteiger partial charge on any atom is -0.368 e. The lowest BCUT2D eigenvalue weighted by Gasteiger charge is -2.07. The van der Waals surface area contributed by atoms with Crippen molar-refractivity contribution in [3.63, 3.8) is 0 Å². The highest BCUT2D eigenvalue weighted by molar-refractivity contribution is 5.63. The Bertz CT molecular complexity index is 466. The number of nitrogens with two attached hydrogens (primary N) is 1. The minimum absolute atomic E-state index is 0.332. The summed E-state index contributed by atoms with van der Waals surface area (Å²) < 4.78 is 0. The maximum atomic E-state index is 5.64. The van der Waals surface area contributed by atoms with Crippen LogP contribution in [0.25, 0.3) is 11.3 Å². The molecule has 0 radical (unpaired) electrons. The SMILES string of the molecule is CCCc1cnc(N)nc1-c1ccccc1. The standard InChI is InChI=1S/C13H15N3/c1-2-6-11-9-15-13(14)16-12(11)10-7-4-3-5-8-10/h3-5,7-9H,2,6H2,1H3,(H2,14,15,16). The maximum Gasteiger partial charge on any atom is 0.220 e. The van der Waals surface area contributed by atoms with Gasteiger partial charge in [-0.3, -0.25) is 0 Å². The van der Waals surface area contributed by atoms with E-state index in [1.165, 1.54) is 0 Å². The van der Waals surface area contributed by atoms with E-state index in [-0.39, 0.29) is 0 Å². The van der Waals surface area contributed by atoms with Gasteiger partial charge >= 0.3 is 0 Å². The lowest BCUT2D eigenvalue weighted by molar-refractivity contribution is 0.906. The molecule has 0 bridgehead atoms. The highest BCUT2D eigenvalue weighted by Gasteiger charge is 2.07. The number of anilines is 1. The van der Waals surface area contributed by atoms with E-state index in [1.807, 2.05) is 36.5 Å². The summed E-state index contributed by atoms with van der Waals surface area (Å²) in [5, 5.41) is 0. The van der Waals surface area contributed by atoms with Gasteiger partial charge in [0.2, 0.25) is 5.95 Å². The summed E-state index contributed by atoms with van der Waals surface area (Å²) in [4.78, 5) is 8.38. The van der Waals surface area contributed by atoms with Crippen molar-refractivity contribution in [2.24, 2.45) is 0 Å². The Balaban J connectivity index is 2.49. The smallest absolute Gasteiger partial charge is 0.220 e. The fourth-order valence-electron chi connectivity index (χ4n) is 1.72. The molecule has 3 nitrogen and oxygen atoms in total. The molecule has 2 aromatic rings. The Morgan fingerprint density at radius 3 is 2.62 bits per heavy atom. The third-order valence-electron chi connectivity index (χ3n) is 2.45. The number of hydrogen-bond acceptors (Lipinski definition) is 3. The van der Waals surface area contributed by atoms with Gasteiger partial charge in [-0.15, -0.1) is 0 Å². The molecular formula is C13H15N3. The van der Waals surface area contributed by atoms with Gasteiger partial charge in [-0.2, -0.15) is 0 Å². The average molecular weight is 213 g/mol. The van der Waals surface area contributed by atoms with Crippen LogP contribution in [-0.2, 0) is 6.42 Å². The molecule has 0 unspecified atom stereocenters. The molecule has 16 heavy (non-hydrogen) atoms. The molecule has 0 aliphatic rings. The van der Waals surface area contributed by atoms with Crippen molar-refractivity contribution in [2.75, 3.05) is 5.73 Å². The summed E-state index contributed by atoms with van der Waals surface area (Å²) in [5.41, 5.74) is 8.85. The molecule has 0 fully saturated rings. The summed E-state index contributed by atoms with van der Waals surface area (Å²) in [7, 11) is 0. The first kappa shape index (κ1) is 10.6. The van der Waals surface area contributed by atoms with E-state index in [1.54, 1.807) is 0 Å². The molecule has 0 aliphatic heterocycles. The summed E-state index contributed by atoms with van der Waals surface area (Å²) in [6.45, 7) is 2.14. The molecule has 0 amide bonds. The zero-order valence-electron chi connectivity index (χ0n) is 9.35. The van der Waals surface area contributed by atoms with Gasteiger partial charge in [-0.1, -0.05) is 43.7 Å². The molecular weight excluding hydrogens is 198 g/mol. The summed E-state index contributed by atoms with van der Waals surface area (Å²) >= 11 is 0. The van der Waals surface area contributed by atoms with E-state index in [0.717, 1.165) is 29.7 Å². The molecule has 1 heterocycles. The molecule has 1 aromatic carbocycles. The monoisotopic (exact) mass is 213 g/mol. The van der Waals surface area contributed by atoms with Crippen molar-refractivity contribution in [1.29, 1.82) is 0 Å². The highest BCUT2D eigenvalue weighted by atomic mass is 15.0. The molecule has 2 rings (SSSR count). The first-order valence-corrected chi connectivity index (χ1v) is 5.48. The fraction of sp³-hybridized carbons (Fsp3) is 0.231. The molecule has 0 aliphatic carbocycles. The predicted molar refractivity (Wildman–Crippen MR) is 65.9 cm³/mol. The van der Waals surface area contributed by atoms with Crippen molar-refractivity contribution in [1.82, 2.24) is 9.97 Å². The average Bonchev–Trinajstić information content (AvgIpc) is 2.33. The molecule has 0 atom stereocenters. The van der Waals surface area contributed by atoms with Crippen LogP contribution < -0.4 is 5.73 Å². The van der Waals surface area contributed by atoms with Gasteiger partial charge in [0.1, 0.15) is 0 Å². The number of aryl methyl sites for hydroxylation is 1. The van der Waals surface area contributed by atoms with Crippen molar-refractivity contribution < 1.29 is 0 Å². The number of nitrogen functional groups attached to an aromatic ring is 1. The van der Waals surface area contributed by atoms with Crippen LogP contribution in [0, 0.1) is 0 Å². The Morgan fingerprint density at radius 1 is 1.19 bits per heavy atom. The van der Waals surface area contributed by atoms with Crippen LogP contribution in [0.15, 0.2) is 36.5 Å². The van der Waals surface area contributed by atoms with E-state index in [0.29, 0.717) is 5.95 Å². The van der Waals surface area contributed by atoms with Gasteiger partial charge in [0, 0.05) is 11.8 Å². The van der Waals surface area contributed by atoms with E-state index in [4.69, 9.17) is 5.73 Å². The fourth-order valence-corrected chi connectivity index (χ4v) is 1.72. The Kier molecular flexibility index (Phi) is 3.15. The molecule has 1 aromatic heterocycles. The number of benzene rings is 1. The molecule has 2 N–H and O–H groups in total. The van der Waals surface area contributed by atoms with Gasteiger partial charge < -0.3 is 5.73 Å². The second-order valence-corrected chi connectivity index (χ2v) is 3.72. The summed E-state index contributed by atoms with van der Waals surface area (Å²) in [5.74, 6) is 0.332. The number of nitrogens with zero attached hydrogens (tertiary/aromatic N) is 2. The van der Waals surface area contributed by atoms with E-state index < -0.39 is 0 Å². The van der Waals surface area contributed by atoms with Crippen LogP contribution in [0.2, 0.25) is 0 Å². The van der Waals surface area contributed by atoms with Gasteiger partial charge in [-0.25, -0.2) is 9.97 Å². The summed E-state index contributed by atoms with van der Waals surface area (Å²) in [6.07, 6.45) is 3.88. The van der Waals surface area contributed by atoms with Crippen molar-refractivity contribution in [3.05, 3.63) is 42.1 Å². The Morgan fingerprint density at radius 2 is 1.94 bits per heavy atom. The van der Waals surface area contributed by atoms with E-state index in [9.17, 15) is 0 Å². The van der Waals surface area contributed by atoms with Crippen molar-refractivity contribution in [3.8, 4) is 11.3 Å². The first-order chi connectivity index (χ1) is 7.81. The van der Waals surface area contributed by atoms with Crippen LogP contribution in [-0.4, -0.2) is 9.97 Å². The Labute approximate surface area is 95.4 Å². The minimum atomic E-state index is 0.332. The number of hydrogen-bond donors (Lipinski definition) is 1. The summed E-state index contributed by atoms with van der Waals surface area (Å²) in [6, 6.07) is 10.1. The topological polar surface area (TPSA) is 51.8 Å². The number of rotatable bonds is 3. The zero-order chi connectivity index (χ0) is 11.4. The lowest BCUT2D eigenvalue weighted by Crippen LogP contribution is -2.00. The lowest BCUT2D eigenvalue weighted by atomic mass is 10.0.